The molecule has 1 amide bonds. The standard InChI is InChI=1S/C23H27NO9/c1-5-29-19-8-14(9-20(30-6-2)22(19)31-7-3)21-12-23(28,33-24-13(4)25)15-10-16(26)17(27)11-18(15)32-21/h8-12,26-28H,5-7H2,1-4H3,(H,24,25). The van der Waals surface area contributed by atoms with E-state index in [-0.39, 0.29) is 17.1 Å². The Morgan fingerprint density at radius 2 is 1.55 bits per heavy atom. The second kappa shape index (κ2) is 9.88. The molecule has 1 aliphatic rings. The van der Waals surface area contributed by atoms with Crippen LogP contribution in [0, 0.1) is 0 Å². The minimum atomic E-state index is -2.23. The summed E-state index contributed by atoms with van der Waals surface area (Å²) in [4.78, 5) is 16.7. The average molecular weight is 461 g/mol. The highest BCUT2D eigenvalue weighted by molar-refractivity contribution is 5.73. The van der Waals surface area contributed by atoms with E-state index in [1.165, 1.54) is 13.0 Å². The van der Waals surface area contributed by atoms with Crippen LogP contribution in [-0.4, -0.2) is 41.0 Å². The van der Waals surface area contributed by atoms with Gasteiger partial charge in [0, 0.05) is 24.6 Å². The molecule has 3 rings (SSSR count). The molecule has 1 heterocycles. The van der Waals surface area contributed by atoms with Crippen LogP contribution in [0.15, 0.2) is 30.3 Å². The van der Waals surface area contributed by atoms with Gasteiger partial charge in [0.2, 0.25) is 17.4 Å². The fourth-order valence-corrected chi connectivity index (χ4v) is 3.23. The first-order valence-electron chi connectivity index (χ1n) is 10.4. The molecule has 0 saturated heterocycles. The van der Waals surface area contributed by atoms with E-state index in [0.29, 0.717) is 42.6 Å². The normalized spacial score (nSPS) is 16.8. The van der Waals surface area contributed by atoms with E-state index in [1.807, 2.05) is 20.8 Å². The third kappa shape index (κ3) is 5.07. The van der Waals surface area contributed by atoms with Crippen LogP contribution in [0.4, 0.5) is 0 Å². The van der Waals surface area contributed by atoms with Crippen LogP contribution in [0.5, 0.6) is 34.5 Å². The predicted octanol–water partition coefficient (Wildman–Crippen LogP) is 2.94. The Morgan fingerprint density at radius 3 is 2.09 bits per heavy atom. The number of ether oxygens (including phenoxy) is 4. The number of hydrogen-bond donors (Lipinski definition) is 4. The highest BCUT2D eigenvalue weighted by Gasteiger charge is 2.39. The van der Waals surface area contributed by atoms with E-state index in [9.17, 15) is 20.1 Å². The third-order valence-electron chi connectivity index (χ3n) is 4.55. The molecule has 2 aromatic rings. The molecular weight excluding hydrogens is 434 g/mol. The Morgan fingerprint density at radius 1 is 0.970 bits per heavy atom. The smallest absolute Gasteiger partial charge is 0.244 e. The molecule has 0 fully saturated rings. The zero-order valence-corrected chi connectivity index (χ0v) is 18.8. The van der Waals surface area contributed by atoms with Crippen molar-refractivity contribution < 1.29 is 43.9 Å². The number of fused-ring (bicyclic) bond motifs is 1. The topological polar surface area (TPSA) is 136 Å². The summed E-state index contributed by atoms with van der Waals surface area (Å²) < 4.78 is 23.1. The number of amides is 1. The number of aromatic hydroxyl groups is 2. The number of aliphatic hydroxyl groups is 1. The maximum absolute atomic E-state index is 11.4. The summed E-state index contributed by atoms with van der Waals surface area (Å²) in [7, 11) is 0. The fraction of sp³-hybridized carbons (Fsp3) is 0.348. The number of phenolic OH excluding ortho intramolecular Hbond substituents is 2. The van der Waals surface area contributed by atoms with E-state index in [0.717, 1.165) is 12.1 Å². The van der Waals surface area contributed by atoms with Crippen molar-refractivity contribution in [3.8, 4) is 34.5 Å². The van der Waals surface area contributed by atoms with Gasteiger partial charge in [0.1, 0.15) is 11.5 Å². The minimum absolute atomic E-state index is 0.000423. The van der Waals surface area contributed by atoms with Crippen molar-refractivity contribution in [2.45, 2.75) is 33.5 Å². The van der Waals surface area contributed by atoms with Crippen LogP contribution in [-0.2, 0) is 15.4 Å². The maximum Gasteiger partial charge on any atom is 0.244 e. The summed E-state index contributed by atoms with van der Waals surface area (Å²) in [5.41, 5.74) is 2.50. The van der Waals surface area contributed by atoms with Gasteiger partial charge in [-0.15, -0.1) is 0 Å². The highest BCUT2D eigenvalue weighted by Crippen LogP contribution is 2.47. The summed E-state index contributed by atoms with van der Waals surface area (Å²) in [5, 5.41) is 31.1. The molecule has 0 bridgehead atoms. The fourth-order valence-electron chi connectivity index (χ4n) is 3.23. The Labute approximate surface area is 190 Å². The van der Waals surface area contributed by atoms with Gasteiger partial charge in [0.15, 0.2) is 23.0 Å². The molecular formula is C23H27NO9. The van der Waals surface area contributed by atoms with Gasteiger partial charge < -0.3 is 34.3 Å². The largest absolute Gasteiger partial charge is 0.504 e. The molecule has 178 valence electrons. The molecule has 10 nitrogen and oxygen atoms in total. The van der Waals surface area contributed by atoms with Crippen molar-refractivity contribution in [1.29, 1.82) is 0 Å². The molecule has 2 aromatic carbocycles. The lowest BCUT2D eigenvalue weighted by Crippen LogP contribution is -2.38. The van der Waals surface area contributed by atoms with Crippen LogP contribution >= 0.6 is 0 Å². The third-order valence-corrected chi connectivity index (χ3v) is 4.55. The van der Waals surface area contributed by atoms with Gasteiger partial charge in [0.05, 0.1) is 25.4 Å². The Kier molecular flexibility index (Phi) is 7.19. The number of carbonyl (C=O) groups excluding carboxylic acids is 1. The number of benzene rings is 2. The molecule has 0 aromatic heterocycles. The number of hydroxylamine groups is 1. The lowest BCUT2D eigenvalue weighted by atomic mass is 9.98. The number of phenols is 2. The number of carbonyl (C=O) groups is 1. The number of rotatable bonds is 9. The molecule has 0 saturated carbocycles. The lowest BCUT2D eigenvalue weighted by Gasteiger charge is -2.32. The monoisotopic (exact) mass is 461 g/mol. The second-order valence-corrected chi connectivity index (χ2v) is 7.01. The van der Waals surface area contributed by atoms with Gasteiger partial charge in [-0.1, -0.05) is 0 Å². The van der Waals surface area contributed by atoms with Crippen molar-refractivity contribution in [2.75, 3.05) is 19.8 Å². The molecule has 0 aliphatic carbocycles. The van der Waals surface area contributed by atoms with Gasteiger partial charge in [-0.05, 0) is 39.0 Å². The SMILES string of the molecule is CCOc1cc(C2=CC(O)(ONC(C)=O)c3cc(O)c(O)cc3O2)cc(OCC)c1OCC. The van der Waals surface area contributed by atoms with Gasteiger partial charge in [-0.3, -0.25) is 4.79 Å². The van der Waals surface area contributed by atoms with Gasteiger partial charge in [-0.25, -0.2) is 10.3 Å². The Hall–Kier alpha value is -3.63. The zero-order chi connectivity index (χ0) is 24.2. The van der Waals surface area contributed by atoms with E-state index < -0.39 is 23.2 Å². The van der Waals surface area contributed by atoms with Crippen molar-refractivity contribution in [3.63, 3.8) is 0 Å². The molecule has 1 aliphatic heterocycles. The molecule has 4 N–H and O–H groups in total. The van der Waals surface area contributed by atoms with Crippen LogP contribution in [0.3, 0.4) is 0 Å². The second-order valence-electron chi connectivity index (χ2n) is 7.01. The van der Waals surface area contributed by atoms with E-state index >= 15 is 0 Å². The van der Waals surface area contributed by atoms with E-state index in [1.54, 1.807) is 12.1 Å². The summed E-state index contributed by atoms with van der Waals surface area (Å²) in [6, 6.07) is 5.50. The van der Waals surface area contributed by atoms with Crippen molar-refractivity contribution >= 4 is 11.7 Å². The summed E-state index contributed by atoms with van der Waals surface area (Å²) >= 11 is 0. The van der Waals surface area contributed by atoms with Crippen molar-refractivity contribution in [3.05, 3.63) is 41.5 Å². The van der Waals surface area contributed by atoms with Crippen LogP contribution in [0.25, 0.3) is 5.76 Å². The van der Waals surface area contributed by atoms with Crippen LogP contribution in [0.1, 0.15) is 38.8 Å². The van der Waals surface area contributed by atoms with Crippen LogP contribution < -0.4 is 24.4 Å². The average Bonchev–Trinajstić information content (AvgIpc) is 2.76. The molecule has 0 radical (unpaired) electrons. The molecule has 0 spiro atoms. The minimum Gasteiger partial charge on any atom is -0.504 e. The quantitative estimate of drug-likeness (QED) is 0.252. The molecule has 10 heteroatoms. The predicted molar refractivity (Wildman–Crippen MR) is 117 cm³/mol. The summed E-state index contributed by atoms with van der Waals surface area (Å²) in [6.07, 6.45) is 1.21. The summed E-state index contributed by atoms with van der Waals surface area (Å²) in [5.74, 6) is -2.42. The maximum atomic E-state index is 11.4. The lowest BCUT2D eigenvalue weighted by molar-refractivity contribution is -0.217. The van der Waals surface area contributed by atoms with E-state index in [4.69, 9.17) is 23.8 Å². The first-order valence-corrected chi connectivity index (χ1v) is 10.4. The molecule has 1 atom stereocenters. The highest BCUT2D eigenvalue weighted by atomic mass is 16.7. The molecule has 33 heavy (non-hydrogen) atoms. The first-order chi connectivity index (χ1) is 15.7. The van der Waals surface area contributed by atoms with Crippen molar-refractivity contribution in [1.82, 2.24) is 5.48 Å². The Balaban J connectivity index is 2.17. The van der Waals surface area contributed by atoms with Crippen LogP contribution in [0.2, 0.25) is 0 Å². The Bertz CT molecular complexity index is 1040. The number of nitrogens with one attached hydrogen (secondary N) is 1. The molecule has 1 unspecified atom stereocenters. The van der Waals surface area contributed by atoms with Gasteiger partial charge in [-0.2, -0.15) is 0 Å². The zero-order valence-electron chi connectivity index (χ0n) is 18.8. The van der Waals surface area contributed by atoms with E-state index in [2.05, 4.69) is 5.48 Å². The van der Waals surface area contributed by atoms with Gasteiger partial charge >= 0.3 is 0 Å². The first kappa shape index (κ1) is 24.0. The van der Waals surface area contributed by atoms with Gasteiger partial charge in [0.25, 0.3) is 0 Å². The number of hydrogen-bond acceptors (Lipinski definition) is 9. The summed E-state index contributed by atoms with van der Waals surface area (Å²) in [6.45, 7) is 7.80. The van der Waals surface area contributed by atoms with Crippen molar-refractivity contribution in [2.24, 2.45) is 0 Å².